The number of carbonyl (C=O) groups excluding carboxylic acids is 1. The molecule has 1 fully saturated rings. The van der Waals surface area contributed by atoms with Gasteiger partial charge in [0.05, 0.1) is 17.9 Å². The molecule has 0 aliphatic heterocycles. The van der Waals surface area contributed by atoms with E-state index in [1.807, 2.05) is 19.1 Å². The number of thiazole rings is 1. The van der Waals surface area contributed by atoms with E-state index in [0.717, 1.165) is 16.1 Å². The van der Waals surface area contributed by atoms with Gasteiger partial charge in [-0.1, -0.05) is 18.4 Å². The predicted molar refractivity (Wildman–Crippen MR) is 91.8 cm³/mol. The third-order valence-electron chi connectivity index (χ3n) is 4.18. The lowest BCUT2D eigenvalue weighted by Gasteiger charge is -2.22. The summed E-state index contributed by atoms with van der Waals surface area (Å²) in [6.45, 7) is 4.08. The molecule has 0 bridgehead atoms. The number of rotatable bonds is 3. The molecule has 3 rings (SSSR count). The van der Waals surface area contributed by atoms with Crippen molar-refractivity contribution in [2.45, 2.75) is 39.0 Å². The normalized spacial score (nSPS) is 13.8. The number of benzene rings is 1. The highest BCUT2D eigenvalue weighted by Gasteiger charge is 2.21. The van der Waals surface area contributed by atoms with Crippen LogP contribution in [-0.2, 0) is 4.74 Å². The number of carbonyl (C=O) groups is 1. The number of esters is 1. The Morgan fingerprint density at radius 1 is 1.39 bits per heavy atom. The van der Waals surface area contributed by atoms with Gasteiger partial charge in [-0.3, -0.25) is 0 Å². The van der Waals surface area contributed by atoms with Crippen molar-refractivity contribution in [3.05, 3.63) is 51.0 Å². The topological polar surface area (TPSA) is 39.2 Å². The van der Waals surface area contributed by atoms with E-state index in [0.29, 0.717) is 18.1 Å². The summed E-state index contributed by atoms with van der Waals surface area (Å²) in [7, 11) is 0. The first-order valence-corrected chi connectivity index (χ1v) is 8.81. The molecule has 0 amide bonds. The zero-order valence-electron chi connectivity index (χ0n) is 13.4. The van der Waals surface area contributed by atoms with Gasteiger partial charge in [-0.2, -0.15) is 0 Å². The molecule has 0 spiro atoms. The maximum absolute atomic E-state index is 11.9. The smallest absolute Gasteiger partial charge is 0.338 e. The van der Waals surface area contributed by atoms with Crippen molar-refractivity contribution in [2.24, 2.45) is 0 Å². The van der Waals surface area contributed by atoms with Gasteiger partial charge in [-0.25, -0.2) is 9.78 Å². The summed E-state index contributed by atoms with van der Waals surface area (Å²) in [6, 6.07) is 5.53. The average Bonchev–Trinajstić information content (AvgIpc) is 2.93. The minimum absolute atomic E-state index is 0.296. The van der Waals surface area contributed by atoms with Crippen LogP contribution in [0.25, 0.3) is 0 Å². The minimum Gasteiger partial charge on any atom is -0.462 e. The molecule has 0 atom stereocenters. The summed E-state index contributed by atoms with van der Waals surface area (Å²) in [5, 5.41) is 2.96. The van der Waals surface area contributed by atoms with Gasteiger partial charge >= 0.3 is 5.97 Å². The number of hydrogen-bond acceptors (Lipinski definition) is 4. The molecule has 1 aliphatic carbocycles. The monoisotopic (exact) mass is 325 g/mol. The number of aromatic nitrogens is 1. The first-order valence-electron chi connectivity index (χ1n) is 7.93. The standard InChI is InChI=1S/C19H19NO2S/c1-3-22-19(21)16-9-5-6-14(13(16)2)10-11-18-20-17(12-23-18)15-7-4-8-15/h5-6,9,12,15H,3-4,7-8H2,1-2H3. The van der Waals surface area contributed by atoms with Crippen molar-refractivity contribution in [1.29, 1.82) is 0 Å². The van der Waals surface area contributed by atoms with E-state index in [1.165, 1.54) is 25.0 Å². The summed E-state index contributed by atoms with van der Waals surface area (Å²) in [5.74, 6) is 6.61. The average molecular weight is 325 g/mol. The summed E-state index contributed by atoms with van der Waals surface area (Å²) in [6.07, 6.45) is 3.80. The van der Waals surface area contributed by atoms with Crippen LogP contribution in [0, 0.1) is 18.8 Å². The lowest BCUT2D eigenvalue weighted by molar-refractivity contribution is 0.0525. The number of nitrogens with zero attached hydrogens (tertiary/aromatic N) is 1. The second-order valence-corrected chi connectivity index (χ2v) is 6.51. The quantitative estimate of drug-likeness (QED) is 0.624. The molecule has 1 aliphatic rings. The highest BCUT2D eigenvalue weighted by atomic mass is 32.1. The molecule has 0 radical (unpaired) electrons. The van der Waals surface area contributed by atoms with Gasteiger partial charge in [-0.05, 0) is 50.3 Å². The van der Waals surface area contributed by atoms with Crippen LogP contribution in [0.4, 0.5) is 0 Å². The van der Waals surface area contributed by atoms with Gasteiger partial charge in [0.1, 0.15) is 0 Å². The third-order valence-corrected chi connectivity index (χ3v) is 4.95. The highest BCUT2D eigenvalue weighted by molar-refractivity contribution is 7.10. The van der Waals surface area contributed by atoms with Gasteiger partial charge in [0.15, 0.2) is 5.01 Å². The van der Waals surface area contributed by atoms with Crippen LogP contribution >= 0.6 is 11.3 Å². The summed E-state index contributed by atoms with van der Waals surface area (Å²) in [5.41, 5.74) is 3.46. The fraction of sp³-hybridized carbons (Fsp3) is 0.368. The molecule has 0 saturated heterocycles. The lowest BCUT2D eigenvalue weighted by Crippen LogP contribution is -2.08. The molecular weight excluding hydrogens is 306 g/mol. The molecular formula is C19H19NO2S. The van der Waals surface area contributed by atoms with E-state index in [9.17, 15) is 4.79 Å². The molecule has 1 saturated carbocycles. The first kappa shape index (κ1) is 15.8. The van der Waals surface area contributed by atoms with Gasteiger partial charge in [0, 0.05) is 16.9 Å². The Morgan fingerprint density at radius 3 is 2.91 bits per heavy atom. The lowest BCUT2D eigenvalue weighted by atomic mass is 9.83. The van der Waals surface area contributed by atoms with Crippen LogP contribution in [0.15, 0.2) is 23.6 Å². The van der Waals surface area contributed by atoms with E-state index in [1.54, 1.807) is 24.3 Å². The molecule has 118 valence electrons. The van der Waals surface area contributed by atoms with Crippen LogP contribution in [0.1, 0.15) is 64.3 Å². The van der Waals surface area contributed by atoms with Crippen molar-refractivity contribution < 1.29 is 9.53 Å². The zero-order valence-corrected chi connectivity index (χ0v) is 14.2. The summed E-state index contributed by atoms with van der Waals surface area (Å²) < 4.78 is 5.08. The molecule has 0 N–H and O–H groups in total. The third kappa shape index (κ3) is 3.46. The van der Waals surface area contributed by atoms with Crippen LogP contribution in [0.3, 0.4) is 0 Å². The van der Waals surface area contributed by atoms with Gasteiger partial charge < -0.3 is 4.74 Å². The van der Waals surface area contributed by atoms with Crippen LogP contribution in [-0.4, -0.2) is 17.6 Å². The largest absolute Gasteiger partial charge is 0.462 e. The Kier molecular flexibility index (Phi) is 4.78. The van der Waals surface area contributed by atoms with E-state index in [2.05, 4.69) is 22.2 Å². The van der Waals surface area contributed by atoms with E-state index in [4.69, 9.17) is 4.74 Å². The molecule has 0 unspecified atom stereocenters. The fourth-order valence-corrected chi connectivity index (χ4v) is 3.30. The maximum atomic E-state index is 11.9. The Bertz CT molecular complexity index is 778. The second-order valence-electron chi connectivity index (χ2n) is 5.65. The Hall–Kier alpha value is -2.12. The number of hydrogen-bond donors (Lipinski definition) is 0. The van der Waals surface area contributed by atoms with Crippen molar-refractivity contribution >= 4 is 17.3 Å². The maximum Gasteiger partial charge on any atom is 0.338 e. The molecule has 1 heterocycles. The summed E-state index contributed by atoms with van der Waals surface area (Å²) in [4.78, 5) is 16.5. The second kappa shape index (κ2) is 6.97. The minimum atomic E-state index is -0.296. The SMILES string of the molecule is CCOC(=O)c1cccc(C#Cc2nc(C3CCC3)cs2)c1C. The van der Waals surface area contributed by atoms with Gasteiger partial charge in [0.25, 0.3) is 0 Å². The Morgan fingerprint density at radius 2 is 2.22 bits per heavy atom. The van der Waals surface area contributed by atoms with Crippen molar-refractivity contribution in [3.63, 3.8) is 0 Å². The molecule has 3 nitrogen and oxygen atoms in total. The van der Waals surface area contributed by atoms with Crippen LogP contribution in [0.5, 0.6) is 0 Å². The molecule has 2 aromatic rings. The molecule has 4 heteroatoms. The Balaban J connectivity index is 1.81. The van der Waals surface area contributed by atoms with Crippen LogP contribution < -0.4 is 0 Å². The summed E-state index contributed by atoms with van der Waals surface area (Å²) >= 11 is 1.59. The van der Waals surface area contributed by atoms with E-state index < -0.39 is 0 Å². The molecule has 1 aromatic carbocycles. The van der Waals surface area contributed by atoms with Crippen molar-refractivity contribution in [1.82, 2.24) is 4.98 Å². The van der Waals surface area contributed by atoms with E-state index in [-0.39, 0.29) is 5.97 Å². The molecule has 23 heavy (non-hydrogen) atoms. The van der Waals surface area contributed by atoms with Gasteiger partial charge in [-0.15, -0.1) is 11.3 Å². The zero-order chi connectivity index (χ0) is 16.2. The van der Waals surface area contributed by atoms with Gasteiger partial charge in [0.2, 0.25) is 0 Å². The van der Waals surface area contributed by atoms with E-state index >= 15 is 0 Å². The highest BCUT2D eigenvalue weighted by Crippen LogP contribution is 2.36. The predicted octanol–water partition coefficient (Wildman–Crippen LogP) is 4.30. The van der Waals surface area contributed by atoms with Crippen molar-refractivity contribution in [2.75, 3.05) is 6.61 Å². The van der Waals surface area contributed by atoms with Crippen LogP contribution in [0.2, 0.25) is 0 Å². The Labute approximate surface area is 140 Å². The first-order chi connectivity index (χ1) is 11.2. The van der Waals surface area contributed by atoms with Crippen molar-refractivity contribution in [3.8, 4) is 11.8 Å². The number of ether oxygens (including phenoxy) is 1. The fourth-order valence-electron chi connectivity index (χ4n) is 2.56. The molecule has 1 aromatic heterocycles.